The third kappa shape index (κ3) is 4.67. The summed E-state index contributed by atoms with van der Waals surface area (Å²) in [4.78, 5) is 32.1. The van der Waals surface area contributed by atoms with Crippen LogP contribution < -0.4 is 10.6 Å². The number of carbonyl (C=O) groups is 2. The van der Waals surface area contributed by atoms with E-state index in [9.17, 15) is 9.59 Å². The van der Waals surface area contributed by atoms with Crippen LogP contribution in [0.1, 0.15) is 16.8 Å². The number of carbonyl (C=O) groups excluding carboxylic acids is 2. The van der Waals surface area contributed by atoms with Gasteiger partial charge < -0.3 is 10.6 Å². The summed E-state index contributed by atoms with van der Waals surface area (Å²) >= 11 is 5.78. The fourth-order valence-corrected chi connectivity index (χ4v) is 2.35. The summed E-state index contributed by atoms with van der Waals surface area (Å²) in [6.07, 6.45) is 6.81. The first-order chi connectivity index (χ1) is 12.6. The normalized spacial score (nSPS) is 10.3. The lowest BCUT2D eigenvalue weighted by atomic mass is 10.2. The van der Waals surface area contributed by atoms with Crippen LogP contribution in [0, 0.1) is 0 Å². The number of nitrogens with one attached hydrogen (secondary N) is 2. The van der Waals surface area contributed by atoms with Gasteiger partial charge in [0, 0.05) is 35.9 Å². The maximum atomic E-state index is 12.0. The molecule has 2 amide bonds. The van der Waals surface area contributed by atoms with Gasteiger partial charge in [-0.15, -0.1) is 0 Å². The zero-order chi connectivity index (χ0) is 18.4. The monoisotopic (exact) mass is 369 g/mol. The molecule has 0 saturated heterocycles. The van der Waals surface area contributed by atoms with Crippen LogP contribution in [-0.2, 0) is 4.79 Å². The van der Waals surface area contributed by atoms with Crippen molar-refractivity contribution in [2.24, 2.45) is 0 Å². The Morgan fingerprint density at radius 3 is 2.58 bits per heavy atom. The number of halogens is 1. The zero-order valence-electron chi connectivity index (χ0n) is 13.7. The number of imidazole rings is 1. The molecule has 2 aromatic heterocycles. The Morgan fingerprint density at radius 1 is 1.12 bits per heavy atom. The second-order valence-corrected chi connectivity index (χ2v) is 5.87. The van der Waals surface area contributed by atoms with E-state index in [0.717, 1.165) is 0 Å². The highest BCUT2D eigenvalue weighted by Gasteiger charge is 2.07. The van der Waals surface area contributed by atoms with E-state index in [2.05, 4.69) is 20.6 Å². The lowest BCUT2D eigenvalue weighted by molar-refractivity contribution is -0.116. The SMILES string of the molecule is O=C(CCNC(=O)c1ccc(Cl)cc1)Nc1ccc(-n2ccnc2)nc1. The van der Waals surface area contributed by atoms with Gasteiger partial charge in [0.15, 0.2) is 0 Å². The molecule has 0 unspecified atom stereocenters. The summed E-state index contributed by atoms with van der Waals surface area (Å²) in [6.45, 7) is 0.230. The molecule has 2 heterocycles. The van der Waals surface area contributed by atoms with Gasteiger partial charge in [0.05, 0.1) is 11.9 Å². The van der Waals surface area contributed by atoms with Crippen LogP contribution in [-0.4, -0.2) is 32.9 Å². The average molecular weight is 370 g/mol. The van der Waals surface area contributed by atoms with Gasteiger partial charge >= 0.3 is 0 Å². The summed E-state index contributed by atoms with van der Waals surface area (Å²) in [5.41, 5.74) is 1.08. The fourth-order valence-electron chi connectivity index (χ4n) is 2.22. The van der Waals surface area contributed by atoms with E-state index < -0.39 is 0 Å². The van der Waals surface area contributed by atoms with E-state index in [1.165, 1.54) is 0 Å². The van der Waals surface area contributed by atoms with Gasteiger partial charge in [-0.3, -0.25) is 14.2 Å². The van der Waals surface area contributed by atoms with Crippen molar-refractivity contribution < 1.29 is 9.59 Å². The van der Waals surface area contributed by atoms with Crippen molar-refractivity contribution in [1.29, 1.82) is 0 Å². The zero-order valence-corrected chi connectivity index (χ0v) is 14.5. The Hall–Kier alpha value is -3.19. The minimum Gasteiger partial charge on any atom is -0.352 e. The van der Waals surface area contributed by atoms with E-state index in [0.29, 0.717) is 22.1 Å². The number of hydrogen-bond acceptors (Lipinski definition) is 4. The maximum Gasteiger partial charge on any atom is 0.251 e. The number of pyridine rings is 1. The van der Waals surface area contributed by atoms with Crippen molar-refractivity contribution >= 4 is 29.1 Å². The van der Waals surface area contributed by atoms with Crippen LogP contribution in [0.5, 0.6) is 0 Å². The Kier molecular flexibility index (Phi) is 5.60. The van der Waals surface area contributed by atoms with Crippen molar-refractivity contribution in [1.82, 2.24) is 19.9 Å². The quantitative estimate of drug-likeness (QED) is 0.699. The standard InChI is InChI=1S/C18H16ClN5O2/c19-14-3-1-13(2-4-14)18(26)21-8-7-17(25)23-15-5-6-16(22-11-15)24-10-9-20-12-24/h1-6,9-12H,7-8H2,(H,21,26)(H,23,25). The summed E-state index contributed by atoms with van der Waals surface area (Å²) in [5, 5.41) is 6.00. The highest BCUT2D eigenvalue weighted by Crippen LogP contribution is 2.10. The minimum absolute atomic E-state index is 0.155. The van der Waals surface area contributed by atoms with Crippen LogP contribution in [0.3, 0.4) is 0 Å². The summed E-state index contributed by atoms with van der Waals surface area (Å²) < 4.78 is 1.76. The molecule has 0 aliphatic carbocycles. The number of aromatic nitrogens is 3. The van der Waals surface area contributed by atoms with Crippen LogP contribution in [0.2, 0.25) is 5.02 Å². The highest BCUT2D eigenvalue weighted by molar-refractivity contribution is 6.30. The summed E-state index contributed by atoms with van der Waals surface area (Å²) in [6, 6.07) is 10.1. The molecule has 132 valence electrons. The van der Waals surface area contributed by atoms with Crippen LogP contribution in [0.25, 0.3) is 5.82 Å². The van der Waals surface area contributed by atoms with Crippen molar-refractivity contribution in [3.63, 3.8) is 0 Å². The summed E-state index contributed by atoms with van der Waals surface area (Å²) in [7, 11) is 0. The lowest BCUT2D eigenvalue weighted by Gasteiger charge is -2.07. The van der Waals surface area contributed by atoms with Gasteiger partial charge in [0.1, 0.15) is 12.1 Å². The third-order valence-corrected chi connectivity index (χ3v) is 3.80. The first-order valence-corrected chi connectivity index (χ1v) is 8.27. The third-order valence-electron chi connectivity index (χ3n) is 3.54. The maximum absolute atomic E-state index is 12.0. The average Bonchev–Trinajstić information content (AvgIpc) is 3.17. The second-order valence-electron chi connectivity index (χ2n) is 5.44. The second kappa shape index (κ2) is 8.26. The molecule has 0 bridgehead atoms. The number of anilines is 1. The van der Waals surface area contributed by atoms with Crippen LogP contribution in [0.4, 0.5) is 5.69 Å². The smallest absolute Gasteiger partial charge is 0.251 e. The molecule has 26 heavy (non-hydrogen) atoms. The Bertz CT molecular complexity index is 877. The summed E-state index contributed by atoms with van der Waals surface area (Å²) in [5.74, 6) is 0.245. The molecule has 8 heteroatoms. The molecule has 0 radical (unpaired) electrons. The molecule has 0 atom stereocenters. The van der Waals surface area contributed by atoms with Gasteiger partial charge in [-0.25, -0.2) is 9.97 Å². The number of hydrogen-bond donors (Lipinski definition) is 2. The Morgan fingerprint density at radius 2 is 1.92 bits per heavy atom. The van der Waals surface area contributed by atoms with Crippen molar-refractivity contribution in [3.8, 4) is 5.82 Å². The van der Waals surface area contributed by atoms with E-state index in [4.69, 9.17) is 11.6 Å². The molecule has 3 rings (SSSR count). The lowest BCUT2D eigenvalue weighted by Crippen LogP contribution is -2.27. The van der Waals surface area contributed by atoms with E-state index in [1.807, 2.05) is 0 Å². The first-order valence-electron chi connectivity index (χ1n) is 7.90. The predicted octanol–water partition coefficient (Wildman–Crippen LogP) is 2.68. The van der Waals surface area contributed by atoms with Gasteiger partial charge in [-0.2, -0.15) is 0 Å². The molecule has 0 fully saturated rings. The van der Waals surface area contributed by atoms with E-state index >= 15 is 0 Å². The Balaban J connectivity index is 1.45. The molecule has 7 nitrogen and oxygen atoms in total. The van der Waals surface area contributed by atoms with Crippen molar-refractivity contribution in [2.45, 2.75) is 6.42 Å². The van der Waals surface area contributed by atoms with E-state index in [1.54, 1.807) is 65.9 Å². The first kappa shape index (κ1) is 17.6. The van der Waals surface area contributed by atoms with Crippen molar-refractivity contribution in [2.75, 3.05) is 11.9 Å². The largest absolute Gasteiger partial charge is 0.352 e. The van der Waals surface area contributed by atoms with Gasteiger partial charge in [0.2, 0.25) is 5.91 Å². The molecular formula is C18H16ClN5O2. The van der Waals surface area contributed by atoms with Gasteiger partial charge in [0.25, 0.3) is 5.91 Å². The highest BCUT2D eigenvalue weighted by atomic mass is 35.5. The van der Waals surface area contributed by atoms with Gasteiger partial charge in [-0.05, 0) is 36.4 Å². The molecular weight excluding hydrogens is 354 g/mol. The molecule has 1 aromatic carbocycles. The fraction of sp³-hybridized carbons (Fsp3) is 0.111. The topological polar surface area (TPSA) is 88.9 Å². The molecule has 0 saturated carbocycles. The Labute approximate surface area is 155 Å². The van der Waals surface area contributed by atoms with Gasteiger partial charge in [-0.1, -0.05) is 11.6 Å². The number of amides is 2. The van der Waals surface area contributed by atoms with Crippen LogP contribution >= 0.6 is 11.6 Å². The molecule has 0 aliphatic rings. The number of rotatable bonds is 6. The molecule has 0 spiro atoms. The molecule has 2 N–H and O–H groups in total. The number of nitrogens with zero attached hydrogens (tertiary/aromatic N) is 3. The number of benzene rings is 1. The predicted molar refractivity (Wildman–Crippen MR) is 98.4 cm³/mol. The van der Waals surface area contributed by atoms with Crippen LogP contribution in [0.15, 0.2) is 61.3 Å². The van der Waals surface area contributed by atoms with Crippen molar-refractivity contribution in [3.05, 3.63) is 71.9 Å². The minimum atomic E-state index is -0.249. The molecule has 3 aromatic rings. The van der Waals surface area contributed by atoms with E-state index in [-0.39, 0.29) is 24.8 Å². The molecule has 0 aliphatic heterocycles.